The molecule has 1 saturated heterocycles. The van der Waals surface area contributed by atoms with Gasteiger partial charge in [0.15, 0.2) is 0 Å². The first kappa shape index (κ1) is 16.3. The van der Waals surface area contributed by atoms with Crippen molar-refractivity contribution in [3.05, 3.63) is 82.9 Å². The average Bonchev–Trinajstić information content (AvgIpc) is 3.02. The third kappa shape index (κ3) is 2.56. The molecule has 132 valence electrons. The Bertz CT molecular complexity index is 889. The molecule has 0 N–H and O–H groups in total. The van der Waals surface area contributed by atoms with Gasteiger partial charge in [-0.15, -0.1) is 0 Å². The van der Waals surface area contributed by atoms with Crippen molar-refractivity contribution in [2.45, 2.75) is 55.3 Å². The molecule has 26 heavy (non-hydrogen) atoms. The maximum absolute atomic E-state index is 2.63. The van der Waals surface area contributed by atoms with E-state index in [0.29, 0.717) is 11.8 Å². The van der Waals surface area contributed by atoms with E-state index in [2.05, 4.69) is 85.9 Å². The molecule has 1 heteroatoms. The summed E-state index contributed by atoms with van der Waals surface area (Å²) in [4.78, 5) is 0. The topological polar surface area (TPSA) is 0 Å². The fourth-order valence-corrected chi connectivity index (χ4v) is 10.9. The van der Waals surface area contributed by atoms with Crippen molar-refractivity contribution >= 4 is 20.2 Å². The Labute approximate surface area is 158 Å². The van der Waals surface area contributed by atoms with Crippen LogP contribution >= 0.6 is 0 Å². The van der Waals surface area contributed by atoms with Gasteiger partial charge in [-0.25, -0.2) is 0 Å². The van der Waals surface area contributed by atoms with Gasteiger partial charge in [-0.1, -0.05) is 98.8 Å². The zero-order valence-corrected chi connectivity index (χ0v) is 16.9. The van der Waals surface area contributed by atoms with Crippen LogP contribution in [0.4, 0.5) is 0 Å². The van der Waals surface area contributed by atoms with Crippen LogP contribution in [-0.4, -0.2) is 8.07 Å². The molecule has 1 heterocycles. The van der Waals surface area contributed by atoms with E-state index in [1.54, 1.807) is 11.1 Å². The molecule has 4 atom stereocenters. The van der Waals surface area contributed by atoms with Crippen molar-refractivity contribution in [1.82, 2.24) is 0 Å². The van der Waals surface area contributed by atoms with Crippen molar-refractivity contribution in [1.29, 1.82) is 0 Å². The minimum Gasteiger partial charge on any atom is -0.0764 e. The van der Waals surface area contributed by atoms with Gasteiger partial charge in [0.2, 0.25) is 0 Å². The van der Waals surface area contributed by atoms with Crippen LogP contribution in [0.3, 0.4) is 0 Å². The summed E-state index contributed by atoms with van der Waals surface area (Å²) in [6.45, 7) is 5.25. The lowest BCUT2D eigenvalue weighted by Crippen LogP contribution is -2.07. The maximum atomic E-state index is 2.63. The molecule has 3 aliphatic rings. The largest absolute Gasteiger partial charge is 0.0764 e. The lowest BCUT2D eigenvalue weighted by atomic mass is 9.92. The van der Waals surface area contributed by atoms with Crippen molar-refractivity contribution in [2.24, 2.45) is 0 Å². The standard InChI is InChI=1S/C25H28Si/c1-26(2)24(25(26)23-17-16-20-9-4-6-12-22(20)23)13-7-10-19-15-14-18-8-3-5-11-21(18)19/h3-6,8-9,11-12,14-17,19,23-25H,7,10,13H2,1-2H3. The van der Waals surface area contributed by atoms with Gasteiger partial charge in [0.1, 0.15) is 0 Å². The molecule has 1 aliphatic heterocycles. The molecular formula is C25H28Si. The van der Waals surface area contributed by atoms with Gasteiger partial charge in [0.25, 0.3) is 0 Å². The monoisotopic (exact) mass is 356 g/mol. The van der Waals surface area contributed by atoms with Crippen molar-refractivity contribution in [3.63, 3.8) is 0 Å². The number of hydrogen-bond donors (Lipinski definition) is 0. The van der Waals surface area contributed by atoms with Gasteiger partial charge in [0.05, 0.1) is 8.07 Å². The van der Waals surface area contributed by atoms with Crippen molar-refractivity contribution in [2.75, 3.05) is 0 Å². The second-order valence-electron chi connectivity index (χ2n) is 8.99. The molecule has 5 rings (SSSR count). The first-order valence-electron chi connectivity index (χ1n) is 10.2. The van der Waals surface area contributed by atoms with Crippen molar-refractivity contribution < 1.29 is 0 Å². The van der Waals surface area contributed by atoms with E-state index in [0.717, 1.165) is 11.1 Å². The zero-order valence-electron chi connectivity index (χ0n) is 15.9. The molecule has 0 radical (unpaired) electrons. The van der Waals surface area contributed by atoms with Crippen LogP contribution < -0.4 is 0 Å². The molecular weight excluding hydrogens is 328 g/mol. The lowest BCUT2D eigenvalue weighted by molar-refractivity contribution is 0.621. The smallest absolute Gasteiger partial charge is 0.0545 e. The highest BCUT2D eigenvalue weighted by Gasteiger charge is 2.61. The summed E-state index contributed by atoms with van der Waals surface area (Å²) in [7, 11) is -1.07. The van der Waals surface area contributed by atoms with Gasteiger partial charge in [-0.2, -0.15) is 0 Å². The molecule has 4 unspecified atom stereocenters. The Morgan fingerprint density at radius 3 is 2.23 bits per heavy atom. The summed E-state index contributed by atoms with van der Waals surface area (Å²) < 4.78 is 0. The summed E-state index contributed by atoms with van der Waals surface area (Å²) in [6.07, 6.45) is 13.7. The van der Waals surface area contributed by atoms with Crippen LogP contribution in [-0.2, 0) is 0 Å². The number of allylic oxidation sites excluding steroid dienone is 2. The van der Waals surface area contributed by atoms with E-state index in [-0.39, 0.29) is 0 Å². The van der Waals surface area contributed by atoms with E-state index >= 15 is 0 Å². The molecule has 0 aromatic heterocycles. The first-order valence-corrected chi connectivity index (χ1v) is 13.4. The van der Waals surface area contributed by atoms with Crippen LogP contribution in [0.25, 0.3) is 12.2 Å². The minimum atomic E-state index is -1.07. The SMILES string of the molecule is C[Si]1(C)C(CCCC2C=Cc3ccccc32)C1C1C=Cc2ccccc21. The maximum Gasteiger partial charge on any atom is 0.0545 e. The van der Waals surface area contributed by atoms with E-state index in [4.69, 9.17) is 0 Å². The van der Waals surface area contributed by atoms with Crippen LogP contribution in [0.1, 0.15) is 53.4 Å². The van der Waals surface area contributed by atoms with Crippen LogP contribution in [0.5, 0.6) is 0 Å². The van der Waals surface area contributed by atoms with Gasteiger partial charge in [0, 0.05) is 11.8 Å². The minimum absolute atomic E-state index is 0.653. The van der Waals surface area contributed by atoms with E-state index in [1.807, 2.05) is 0 Å². The molecule has 0 saturated carbocycles. The predicted octanol–water partition coefficient (Wildman–Crippen LogP) is 7.24. The third-order valence-corrected chi connectivity index (χ3v) is 12.0. The molecule has 1 fully saturated rings. The predicted molar refractivity (Wildman–Crippen MR) is 115 cm³/mol. The zero-order chi connectivity index (χ0) is 17.7. The summed E-state index contributed by atoms with van der Waals surface area (Å²) in [5.41, 5.74) is 7.99. The van der Waals surface area contributed by atoms with Crippen LogP contribution in [0.2, 0.25) is 24.2 Å². The molecule has 0 nitrogen and oxygen atoms in total. The Hall–Kier alpha value is -1.86. The number of fused-ring (bicyclic) bond motifs is 2. The highest BCUT2D eigenvalue weighted by molar-refractivity contribution is 6.91. The summed E-state index contributed by atoms with van der Waals surface area (Å²) in [6, 6.07) is 17.9. The first-order chi connectivity index (χ1) is 12.7. The van der Waals surface area contributed by atoms with Crippen LogP contribution in [0, 0.1) is 0 Å². The van der Waals surface area contributed by atoms with Gasteiger partial charge in [-0.05, 0) is 39.8 Å². The fraction of sp³-hybridized carbons (Fsp3) is 0.360. The van der Waals surface area contributed by atoms with E-state index in [1.165, 1.54) is 30.4 Å². The number of benzene rings is 2. The normalized spacial score (nSPS) is 29.6. The van der Waals surface area contributed by atoms with Gasteiger partial charge < -0.3 is 0 Å². The van der Waals surface area contributed by atoms with Gasteiger partial charge in [-0.3, -0.25) is 0 Å². The van der Waals surface area contributed by atoms with Crippen molar-refractivity contribution in [3.8, 4) is 0 Å². The number of hydrogen-bond acceptors (Lipinski definition) is 0. The lowest BCUT2D eigenvalue weighted by Gasteiger charge is -2.13. The Morgan fingerprint density at radius 2 is 1.42 bits per heavy atom. The summed E-state index contributed by atoms with van der Waals surface area (Å²) >= 11 is 0. The second kappa shape index (κ2) is 6.09. The summed E-state index contributed by atoms with van der Waals surface area (Å²) in [5.74, 6) is 1.35. The highest BCUT2D eigenvalue weighted by Crippen LogP contribution is 2.69. The van der Waals surface area contributed by atoms with E-state index in [9.17, 15) is 0 Å². The second-order valence-corrected chi connectivity index (χ2v) is 14.0. The van der Waals surface area contributed by atoms with Crippen LogP contribution in [0.15, 0.2) is 60.7 Å². The average molecular weight is 357 g/mol. The highest BCUT2D eigenvalue weighted by atomic mass is 28.3. The quantitative estimate of drug-likeness (QED) is 0.495. The molecule has 2 aromatic rings. The van der Waals surface area contributed by atoms with Gasteiger partial charge >= 0.3 is 0 Å². The molecule has 2 aliphatic carbocycles. The molecule has 2 aromatic carbocycles. The Balaban J connectivity index is 1.23. The molecule has 0 amide bonds. The molecule has 0 spiro atoms. The third-order valence-electron chi connectivity index (χ3n) is 7.30. The fourth-order valence-electron chi connectivity index (χ4n) is 5.77. The summed E-state index contributed by atoms with van der Waals surface area (Å²) in [5, 5.41) is 0. The Morgan fingerprint density at radius 1 is 0.769 bits per heavy atom. The number of rotatable bonds is 5. The Kier molecular flexibility index (Phi) is 3.82. The van der Waals surface area contributed by atoms with E-state index < -0.39 is 8.07 Å². The molecule has 0 bridgehead atoms.